The standard InChI is InChI=1S/C67H127NO5/c1-3-5-7-9-11-13-15-16-17-34-37-41-45-49-53-57-61-67(72)73-62-58-54-50-46-42-38-35-32-30-28-26-24-22-20-18-19-21-23-25-27-29-31-33-36-40-44-48-52-56-60-66(71)68-64(63-69)65(70)59-55-51-47-43-39-14-12-10-8-6-4-2/h18,20,24,26,55,59,64-65,69-70H,3-17,19,21-23,25,27-54,56-58,60-63H2,1-2H3,(H,68,71)/b20-18-,26-24-,59-55+. The molecule has 2 atom stereocenters. The highest BCUT2D eigenvalue weighted by Crippen LogP contribution is 2.17. The molecule has 0 aliphatic carbocycles. The number of ether oxygens (including phenoxy) is 1. The predicted octanol–water partition coefficient (Wildman–Crippen LogP) is 20.8. The minimum absolute atomic E-state index is 0.0152. The Morgan fingerprint density at radius 2 is 0.685 bits per heavy atom. The van der Waals surface area contributed by atoms with Crippen LogP contribution < -0.4 is 5.32 Å². The molecular weight excluding hydrogens is 899 g/mol. The number of hydrogen-bond donors (Lipinski definition) is 3. The lowest BCUT2D eigenvalue weighted by molar-refractivity contribution is -0.143. The summed E-state index contributed by atoms with van der Waals surface area (Å²) in [7, 11) is 0. The van der Waals surface area contributed by atoms with Crippen LogP contribution in [0.1, 0.15) is 354 Å². The molecule has 6 heteroatoms. The molecule has 0 aliphatic rings. The summed E-state index contributed by atoms with van der Waals surface area (Å²) in [5.74, 6) is -0.0543. The van der Waals surface area contributed by atoms with E-state index in [0.29, 0.717) is 19.4 Å². The van der Waals surface area contributed by atoms with E-state index in [1.165, 1.54) is 283 Å². The second-order valence-electron chi connectivity index (χ2n) is 22.5. The van der Waals surface area contributed by atoms with Crippen LogP contribution in [0.4, 0.5) is 0 Å². The zero-order valence-corrected chi connectivity index (χ0v) is 49.1. The third-order valence-corrected chi connectivity index (χ3v) is 15.2. The van der Waals surface area contributed by atoms with Gasteiger partial charge in [-0.05, 0) is 64.2 Å². The van der Waals surface area contributed by atoms with Gasteiger partial charge in [0.1, 0.15) is 0 Å². The highest BCUT2D eigenvalue weighted by molar-refractivity contribution is 5.76. The van der Waals surface area contributed by atoms with Crippen LogP contribution in [-0.4, -0.2) is 47.4 Å². The van der Waals surface area contributed by atoms with Gasteiger partial charge in [-0.1, -0.05) is 314 Å². The summed E-state index contributed by atoms with van der Waals surface area (Å²) in [5.41, 5.74) is 0. The van der Waals surface area contributed by atoms with Gasteiger partial charge in [0.2, 0.25) is 5.91 Å². The average Bonchev–Trinajstić information content (AvgIpc) is 3.39. The van der Waals surface area contributed by atoms with Crippen molar-refractivity contribution in [1.29, 1.82) is 0 Å². The van der Waals surface area contributed by atoms with Crippen molar-refractivity contribution >= 4 is 11.9 Å². The maximum atomic E-state index is 12.4. The van der Waals surface area contributed by atoms with Crippen LogP contribution in [0.2, 0.25) is 0 Å². The van der Waals surface area contributed by atoms with Crippen molar-refractivity contribution < 1.29 is 24.5 Å². The number of carbonyl (C=O) groups is 2. The van der Waals surface area contributed by atoms with E-state index < -0.39 is 12.1 Å². The fourth-order valence-corrected chi connectivity index (χ4v) is 10.1. The Bertz CT molecular complexity index is 1180. The number of aliphatic hydroxyl groups is 2. The smallest absolute Gasteiger partial charge is 0.305 e. The molecule has 0 aromatic carbocycles. The highest BCUT2D eigenvalue weighted by atomic mass is 16.5. The minimum Gasteiger partial charge on any atom is -0.466 e. The molecule has 2 unspecified atom stereocenters. The zero-order valence-electron chi connectivity index (χ0n) is 49.1. The van der Waals surface area contributed by atoms with Gasteiger partial charge in [0.05, 0.1) is 25.4 Å². The summed E-state index contributed by atoms with van der Waals surface area (Å²) in [5, 5.41) is 23.0. The predicted molar refractivity (Wildman–Crippen MR) is 319 cm³/mol. The maximum absolute atomic E-state index is 12.4. The van der Waals surface area contributed by atoms with Crippen molar-refractivity contribution in [1.82, 2.24) is 5.32 Å². The van der Waals surface area contributed by atoms with E-state index in [2.05, 4.69) is 43.5 Å². The third-order valence-electron chi connectivity index (χ3n) is 15.2. The first-order chi connectivity index (χ1) is 36.0. The number of nitrogens with one attached hydrogen (secondary N) is 1. The van der Waals surface area contributed by atoms with E-state index in [-0.39, 0.29) is 18.5 Å². The molecule has 0 aromatic heterocycles. The summed E-state index contributed by atoms with van der Waals surface area (Å²) in [6, 6.07) is -0.627. The molecule has 0 saturated carbocycles. The van der Waals surface area contributed by atoms with Crippen LogP contribution in [0.5, 0.6) is 0 Å². The van der Waals surface area contributed by atoms with E-state index in [1.807, 2.05) is 6.08 Å². The van der Waals surface area contributed by atoms with Crippen molar-refractivity contribution in [2.75, 3.05) is 13.2 Å². The molecule has 3 N–H and O–H groups in total. The largest absolute Gasteiger partial charge is 0.466 e. The molecule has 6 nitrogen and oxygen atoms in total. The van der Waals surface area contributed by atoms with E-state index in [9.17, 15) is 19.8 Å². The molecule has 0 rings (SSSR count). The van der Waals surface area contributed by atoms with Crippen molar-refractivity contribution in [2.45, 2.75) is 366 Å². The van der Waals surface area contributed by atoms with Crippen LogP contribution in [0.25, 0.3) is 0 Å². The zero-order chi connectivity index (χ0) is 52.9. The highest BCUT2D eigenvalue weighted by Gasteiger charge is 2.18. The molecule has 0 saturated heterocycles. The molecule has 0 spiro atoms. The second kappa shape index (κ2) is 62.6. The van der Waals surface area contributed by atoms with Gasteiger partial charge in [-0.25, -0.2) is 0 Å². The first-order valence-electron chi connectivity index (χ1n) is 32.8. The minimum atomic E-state index is -0.844. The Labute approximate surface area is 455 Å². The Balaban J connectivity index is 3.39. The third kappa shape index (κ3) is 59.2. The van der Waals surface area contributed by atoms with Crippen LogP contribution in [0.3, 0.4) is 0 Å². The van der Waals surface area contributed by atoms with E-state index in [1.54, 1.807) is 6.08 Å². The van der Waals surface area contributed by atoms with Crippen molar-refractivity contribution in [3.05, 3.63) is 36.5 Å². The van der Waals surface area contributed by atoms with E-state index >= 15 is 0 Å². The molecule has 0 aromatic rings. The van der Waals surface area contributed by atoms with Gasteiger partial charge in [-0.2, -0.15) is 0 Å². The van der Waals surface area contributed by atoms with Crippen molar-refractivity contribution in [3.63, 3.8) is 0 Å². The SMILES string of the molecule is CCCCCCCCCCC/C=C/C(O)C(CO)NC(=O)CCCCCCCCCCCCCCC/C=C\C/C=C\CCCCCCCCCCCOC(=O)CCCCCCCCCCCCCCCCCC. The van der Waals surface area contributed by atoms with Gasteiger partial charge in [-0.3, -0.25) is 9.59 Å². The van der Waals surface area contributed by atoms with E-state index in [4.69, 9.17) is 4.74 Å². The molecule has 1 amide bonds. The molecule has 0 bridgehead atoms. The lowest BCUT2D eigenvalue weighted by Crippen LogP contribution is -2.45. The molecular formula is C67H127NO5. The van der Waals surface area contributed by atoms with Gasteiger partial charge in [-0.15, -0.1) is 0 Å². The summed E-state index contributed by atoms with van der Waals surface area (Å²) in [4.78, 5) is 24.5. The first-order valence-corrected chi connectivity index (χ1v) is 32.8. The number of rotatable bonds is 61. The lowest BCUT2D eigenvalue weighted by Gasteiger charge is -2.20. The van der Waals surface area contributed by atoms with Gasteiger partial charge in [0.15, 0.2) is 0 Å². The Morgan fingerprint density at radius 1 is 0.384 bits per heavy atom. The summed E-state index contributed by atoms with van der Waals surface area (Å²) in [6.07, 6.45) is 79.2. The number of unbranched alkanes of at least 4 members (excludes halogenated alkanes) is 46. The normalized spacial score (nSPS) is 12.8. The monoisotopic (exact) mass is 1030 g/mol. The molecule has 0 aliphatic heterocycles. The Hall–Kier alpha value is -1.92. The van der Waals surface area contributed by atoms with Gasteiger partial charge in [0.25, 0.3) is 0 Å². The average molecular weight is 1030 g/mol. The molecule has 0 heterocycles. The lowest BCUT2D eigenvalue weighted by atomic mass is 10.0. The quantitative estimate of drug-likeness (QED) is 0.0320. The number of aliphatic hydroxyl groups excluding tert-OH is 2. The summed E-state index contributed by atoms with van der Waals surface area (Å²) in [6.45, 7) is 4.91. The first kappa shape index (κ1) is 71.1. The van der Waals surface area contributed by atoms with Crippen LogP contribution in [-0.2, 0) is 14.3 Å². The van der Waals surface area contributed by atoms with E-state index in [0.717, 1.165) is 44.9 Å². The van der Waals surface area contributed by atoms with Crippen LogP contribution >= 0.6 is 0 Å². The Kier molecular flexibility index (Phi) is 61.0. The topological polar surface area (TPSA) is 95.9 Å². The summed E-state index contributed by atoms with van der Waals surface area (Å²) < 4.78 is 5.49. The Morgan fingerprint density at radius 3 is 1.04 bits per heavy atom. The molecule has 73 heavy (non-hydrogen) atoms. The number of allylic oxidation sites excluding steroid dienone is 5. The fourth-order valence-electron chi connectivity index (χ4n) is 10.1. The molecule has 0 radical (unpaired) electrons. The van der Waals surface area contributed by atoms with Crippen molar-refractivity contribution in [2.24, 2.45) is 0 Å². The second-order valence-corrected chi connectivity index (χ2v) is 22.5. The van der Waals surface area contributed by atoms with Crippen LogP contribution in [0.15, 0.2) is 36.5 Å². The number of hydrogen-bond acceptors (Lipinski definition) is 5. The van der Waals surface area contributed by atoms with Crippen LogP contribution in [0, 0.1) is 0 Å². The molecule has 0 fully saturated rings. The van der Waals surface area contributed by atoms with Crippen molar-refractivity contribution in [3.8, 4) is 0 Å². The number of amides is 1. The summed E-state index contributed by atoms with van der Waals surface area (Å²) >= 11 is 0. The number of carbonyl (C=O) groups excluding carboxylic acids is 2. The van der Waals surface area contributed by atoms with Gasteiger partial charge in [0, 0.05) is 12.8 Å². The number of esters is 1. The molecule has 430 valence electrons. The van der Waals surface area contributed by atoms with Gasteiger partial charge < -0.3 is 20.3 Å². The fraction of sp³-hybridized carbons (Fsp3) is 0.881. The van der Waals surface area contributed by atoms with Gasteiger partial charge >= 0.3 is 5.97 Å². The maximum Gasteiger partial charge on any atom is 0.305 e.